The van der Waals surface area contributed by atoms with Gasteiger partial charge >= 0.3 is 0 Å². The fourth-order valence-electron chi connectivity index (χ4n) is 1.98. The molecule has 2 N–H and O–H groups in total. The first-order valence-electron chi connectivity index (χ1n) is 5.38. The number of methoxy groups -OCH3 is 1. The molecular formula is C12H17NO2. The lowest BCUT2D eigenvalue weighted by molar-refractivity contribution is 0.324. The molecule has 82 valence electrons. The van der Waals surface area contributed by atoms with E-state index < -0.39 is 0 Å². The maximum absolute atomic E-state index is 5.58. The number of fused-ring (bicyclic) bond motifs is 1. The highest BCUT2D eigenvalue weighted by atomic mass is 16.5. The third-order valence-electron chi connectivity index (χ3n) is 2.75. The Morgan fingerprint density at radius 3 is 3.07 bits per heavy atom. The highest BCUT2D eigenvalue weighted by Crippen LogP contribution is 2.38. The zero-order valence-electron chi connectivity index (χ0n) is 9.08. The molecule has 3 heteroatoms. The van der Waals surface area contributed by atoms with Crippen LogP contribution in [-0.4, -0.2) is 20.3 Å². The first kappa shape index (κ1) is 10.3. The Kier molecular flexibility index (Phi) is 3.11. The zero-order chi connectivity index (χ0) is 10.7. The Morgan fingerprint density at radius 1 is 1.47 bits per heavy atom. The summed E-state index contributed by atoms with van der Waals surface area (Å²) in [6.45, 7) is 1.48. The van der Waals surface area contributed by atoms with Crippen molar-refractivity contribution in [3.8, 4) is 11.5 Å². The molecule has 0 unspecified atom stereocenters. The van der Waals surface area contributed by atoms with Gasteiger partial charge in [-0.3, -0.25) is 0 Å². The van der Waals surface area contributed by atoms with Crippen LogP contribution in [0.3, 0.4) is 0 Å². The fraction of sp³-hybridized carbons (Fsp3) is 0.500. The van der Waals surface area contributed by atoms with Gasteiger partial charge in [0.2, 0.25) is 0 Å². The van der Waals surface area contributed by atoms with Crippen molar-refractivity contribution in [2.75, 3.05) is 20.3 Å². The van der Waals surface area contributed by atoms with Gasteiger partial charge in [0.05, 0.1) is 13.7 Å². The molecule has 3 nitrogen and oxygen atoms in total. The molecule has 0 saturated heterocycles. The van der Waals surface area contributed by atoms with Crippen LogP contribution in [-0.2, 0) is 12.8 Å². The van der Waals surface area contributed by atoms with E-state index in [1.807, 2.05) is 0 Å². The number of rotatable bonds is 4. The predicted octanol–water partition coefficient (Wildman–Crippen LogP) is 1.52. The standard InChI is InChI=1S/C12H17NO2/c1-14-11-9(3-2-7-13)4-5-10-6-8-15-12(10)11/h4-5H,2-3,6-8,13H2,1H3. The van der Waals surface area contributed by atoms with E-state index in [1.165, 1.54) is 11.1 Å². The van der Waals surface area contributed by atoms with Crippen LogP contribution in [0, 0.1) is 0 Å². The van der Waals surface area contributed by atoms with Crippen molar-refractivity contribution in [3.05, 3.63) is 23.3 Å². The molecule has 0 amide bonds. The maximum atomic E-state index is 5.58. The van der Waals surface area contributed by atoms with E-state index in [-0.39, 0.29) is 0 Å². The summed E-state index contributed by atoms with van der Waals surface area (Å²) in [4.78, 5) is 0. The summed E-state index contributed by atoms with van der Waals surface area (Å²) in [5.41, 5.74) is 7.96. The summed E-state index contributed by atoms with van der Waals surface area (Å²) < 4.78 is 11.0. The van der Waals surface area contributed by atoms with Crippen LogP contribution in [0.25, 0.3) is 0 Å². The van der Waals surface area contributed by atoms with Gasteiger partial charge in [-0.1, -0.05) is 12.1 Å². The number of hydrogen-bond acceptors (Lipinski definition) is 3. The number of hydrogen-bond donors (Lipinski definition) is 1. The molecule has 0 aliphatic carbocycles. The molecule has 1 aromatic carbocycles. The van der Waals surface area contributed by atoms with Crippen LogP contribution in [0.2, 0.25) is 0 Å². The van der Waals surface area contributed by atoms with Gasteiger partial charge in [-0.2, -0.15) is 0 Å². The molecule has 1 aromatic rings. The summed E-state index contributed by atoms with van der Waals surface area (Å²) in [6, 6.07) is 4.26. The monoisotopic (exact) mass is 207 g/mol. The summed E-state index contributed by atoms with van der Waals surface area (Å²) in [5.74, 6) is 1.84. The topological polar surface area (TPSA) is 44.5 Å². The Morgan fingerprint density at radius 2 is 2.33 bits per heavy atom. The third kappa shape index (κ3) is 1.92. The molecule has 0 radical (unpaired) electrons. The third-order valence-corrected chi connectivity index (χ3v) is 2.75. The lowest BCUT2D eigenvalue weighted by Crippen LogP contribution is -2.02. The van der Waals surface area contributed by atoms with Crippen molar-refractivity contribution >= 4 is 0 Å². The van der Waals surface area contributed by atoms with Crippen molar-refractivity contribution < 1.29 is 9.47 Å². The highest BCUT2D eigenvalue weighted by molar-refractivity contribution is 5.53. The number of ether oxygens (including phenoxy) is 2. The molecule has 1 heterocycles. The zero-order valence-corrected chi connectivity index (χ0v) is 9.08. The molecule has 1 aliphatic rings. The first-order valence-corrected chi connectivity index (χ1v) is 5.38. The first-order chi connectivity index (χ1) is 7.36. The van der Waals surface area contributed by atoms with Crippen molar-refractivity contribution in [1.29, 1.82) is 0 Å². The highest BCUT2D eigenvalue weighted by Gasteiger charge is 2.19. The second kappa shape index (κ2) is 4.53. The number of aryl methyl sites for hydroxylation is 1. The summed E-state index contributed by atoms with van der Waals surface area (Å²) >= 11 is 0. The van der Waals surface area contributed by atoms with Gasteiger partial charge in [0.15, 0.2) is 11.5 Å². The molecule has 0 fully saturated rings. The van der Waals surface area contributed by atoms with Crippen LogP contribution in [0.5, 0.6) is 11.5 Å². The summed E-state index contributed by atoms with van der Waals surface area (Å²) in [6.07, 6.45) is 2.92. The SMILES string of the molecule is COc1c(CCCN)ccc2c1OCC2. The average Bonchev–Trinajstić information content (AvgIpc) is 2.73. The molecule has 0 saturated carbocycles. The van der Waals surface area contributed by atoms with Crippen molar-refractivity contribution in [1.82, 2.24) is 0 Å². The normalized spacial score (nSPS) is 13.5. The number of nitrogens with two attached hydrogens (primary N) is 1. The molecule has 0 spiro atoms. The predicted molar refractivity (Wildman–Crippen MR) is 59.6 cm³/mol. The lowest BCUT2D eigenvalue weighted by atomic mass is 10.0. The van der Waals surface area contributed by atoms with Crippen molar-refractivity contribution in [2.24, 2.45) is 5.73 Å². The van der Waals surface area contributed by atoms with Gasteiger partial charge < -0.3 is 15.2 Å². The summed E-state index contributed by atoms with van der Waals surface area (Å²) in [7, 11) is 1.70. The maximum Gasteiger partial charge on any atom is 0.164 e. The molecule has 0 aromatic heterocycles. The van der Waals surface area contributed by atoms with Crippen LogP contribution in [0.1, 0.15) is 17.5 Å². The Balaban J connectivity index is 2.30. The van der Waals surface area contributed by atoms with Crippen LogP contribution in [0.15, 0.2) is 12.1 Å². The van der Waals surface area contributed by atoms with Crippen LogP contribution < -0.4 is 15.2 Å². The lowest BCUT2D eigenvalue weighted by Gasteiger charge is -2.12. The molecular weight excluding hydrogens is 190 g/mol. The fourth-order valence-corrected chi connectivity index (χ4v) is 1.98. The second-order valence-corrected chi connectivity index (χ2v) is 3.74. The van der Waals surface area contributed by atoms with Gasteiger partial charge in [-0.25, -0.2) is 0 Å². The Hall–Kier alpha value is -1.22. The van der Waals surface area contributed by atoms with Crippen molar-refractivity contribution in [3.63, 3.8) is 0 Å². The molecule has 1 aliphatic heterocycles. The van der Waals surface area contributed by atoms with Crippen LogP contribution in [0.4, 0.5) is 0 Å². The molecule has 2 rings (SSSR count). The van der Waals surface area contributed by atoms with Crippen molar-refractivity contribution in [2.45, 2.75) is 19.3 Å². The second-order valence-electron chi connectivity index (χ2n) is 3.74. The Bertz CT molecular complexity index is 350. The van der Waals surface area contributed by atoms with E-state index in [0.29, 0.717) is 6.54 Å². The van der Waals surface area contributed by atoms with Crippen LogP contribution >= 0.6 is 0 Å². The summed E-state index contributed by atoms with van der Waals surface area (Å²) in [5, 5.41) is 0. The quantitative estimate of drug-likeness (QED) is 0.814. The van der Waals surface area contributed by atoms with Gasteiger partial charge in [0.1, 0.15) is 0 Å². The minimum Gasteiger partial charge on any atom is -0.493 e. The average molecular weight is 207 g/mol. The smallest absolute Gasteiger partial charge is 0.164 e. The van der Waals surface area contributed by atoms with Gasteiger partial charge in [-0.05, 0) is 24.9 Å². The van der Waals surface area contributed by atoms with E-state index >= 15 is 0 Å². The van der Waals surface area contributed by atoms with E-state index in [0.717, 1.165) is 37.4 Å². The van der Waals surface area contributed by atoms with E-state index in [1.54, 1.807) is 7.11 Å². The largest absolute Gasteiger partial charge is 0.493 e. The Labute approximate surface area is 90.2 Å². The van der Waals surface area contributed by atoms with E-state index in [2.05, 4.69) is 12.1 Å². The minimum atomic E-state index is 0.709. The van der Waals surface area contributed by atoms with Gasteiger partial charge in [0, 0.05) is 12.0 Å². The molecule has 15 heavy (non-hydrogen) atoms. The molecule has 0 atom stereocenters. The van der Waals surface area contributed by atoms with E-state index in [9.17, 15) is 0 Å². The van der Waals surface area contributed by atoms with E-state index in [4.69, 9.17) is 15.2 Å². The number of benzene rings is 1. The van der Waals surface area contributed by atoms with Gasteiger partial charge in [-0.15, -0.1) is 0 Å². The minimum absolute atomic E-state index is 0.709. The van der Waals surface area contributed by atoms with Gasteiger partial charge in [0.25, 0.3) is 0 Å². The molecule has 0 bridgehead atoms.